The minimum Gasteiger partial charge on any atom is -0.328 e. The van der Waals surface area contributed by atoms with E-state index >= 15 is 0 Å². The molecule has 0 aliphatic heterocycles. The molecule has 0 aliphatic rings. The van der Waals surface area contributed by atoms with Gasteiger partial charge in [0.05, 0.1) is 21.6 Å². The minimum atomic E-state index is -3.59. The lowest BCUT2D eigenvalue weighted by molar-refractivity contribution is -0.116. The molecule has 0 saturated heterocycles. The molecule has 1 amide bonds. The fourth-order valence-electron chi connectivity index (χ4n) is 3.28. The van der Waals surface area contributed by atoms with E-state index in [9.17, 15) is 22.0 Å². The highest BCUT2D eigenvalue weighted by atomic mass is 32.2. The summed E-state index contributed by atoms with van der Waals surface area (Å²) < 4.78 is 53.4. The minimum absolute atomic E-state index is 0.0971. The first-order valence-corrected chi connectivity index (χ1v) is 12.2. The van der Waals surface area contributed by atoms with Gasteiger partial charge in [-0.3, -0.25) is 4.79 Å². The van der Waals surface area contributed by atoms with Crippen molar-refractivity contribution in [1.82, 2.24) is 13.9 Å². The van der Waals surface area contributed by atoms with Crippen LogP contribution < -0.4 is 5.32 Å². The average Bonchev–Trinajstić information content (AvgIpc) is 3.09. The lowest BCUT2D eigenvalue weighted by Gasteiger charge is -2.11. The number of aryl methyl sites for hydroxylation is 2. The third-order valence-electron chi connectivity index (χ3n) is 4.85. The summed E-state index contributed by atoms with van der Waals surface area (Å²) in [5.41, 5.74) is 1.65. The van der Waals surface area contributed by atoms with Gasteiger partial charge in [-0.05, 0) is 37.3 Å². The van der Waals surface area contributed by atoms with Crippen molar-refractivity contribution in [3.05, 3.63) is 48.3 Å². The Bertz CT molecular complexity index is 1230. The number of thioether (sulfide) groups is 1. The molecule has 1 heterocycles. The van der Waals surface area contributed by atoms with Crippen LogP contribution >= 0.6 is 11.8 Å². The number of carbonyl (C=O) groups is 1. The number of nitrogens with one attached hydrogen (secondary N) is 1. The molecule has 0 unspecified atom stereocenters. The van der Waals surface area contributed by atoms with Crippen molar-refractivity contribution in [2.24, 2.45) is 0 Å². The van der Waals surface area contributed by atoms with Crippen molar-refractivity contribution in [3.8, 4) is 0 Å². The Morgan fingerprint density at radius 3 is 2.59 bits per heavy atom. The van der Waals surface area contributed by atoms with Crippen LogP contribution in [0.5, 0.6) is 0 Å². The molecule has 0 bridgehead atoms. The second-order valence-electron chi connectivity index (χ2n) is 7.13. The van der Waals surface area contributed by atoms with E-state index in [2.05, 4.69) is 10.3 Å². The van der Waals surface area contributed by atoms with Crippen LogP contribution in [0.1, 0.15) is 19.2 Å². The van der Waals surface area contributed by atoms with E-state index < -0.39 is 15.8 Å². The molecule has 11 heteroatoms. The Morgan fingerprint density at radius 1 is 1.22 bits per heavy atom. The molecule has 0 radical (unpaired) electrons. The number of aromatic nitrogens is 2. The second kappa shape index (κ2) is 9.97. The molecule has 7 nitrogen and oxygen atoms in total. The Morgan fingerprint density at radius 2 is 1.94 bits per heavy atom. The van der Waals surface area contributed by atoms with Crippen LogP contribution in [0.15, 0.2) is 52.3 Å². The molecule has 3 rings (SSSR count). The van der Waals surface area contributed by atoms with Crippen LogP contribution in [0.3, 0.4) is 0 Å². The molecule has 2 aromatic carbocycles. The van der Waals surface area contributed by atoms with Gasteiger partial charge in [-0.25, -0.2) is 17.7 Å². The van der Waals surface area contributed by atoms with Crippen LogP contribution in [-0.2, 0) is 27.8 Å². The van der Waals surface area contributed by atoms with Gasteiger partial charge in [-0.1, -0.05) is 23.9 Å². The molecular formula is C21H24F2N4O3S2. The van der Waals surface area contributed by atoms with Gasteiger partial charge < -0.3 is 9.88 Å². The number of hydrogen-bond acceptors (Lipinski definition) is 5. The number of fused-ring (bicyclic) bond motifs is 1. The highest BCUT2D eigenvalue weighted by molar-refractivity contribution is 7.99. The number of alkyl halides is 2. The normalized spacial score (nSPS) is 12.1. The van der Waals surface area contributed by atoms with E-state index in [-0.39, 0.29) is 17.2 Å². The predicted octanol–water partition coefficient (Wildman–Crippen LogP) is 4.19. The third-order valence-corrected chi connectivity index (χ3v) is 7.45. The molecule has 3 aromatic rings. The quantitative estimate of drug-likeness (QED) is 0.462. The number of rotatable bonds is 9. The summed E-state index contributed by atoms with van der Waals surface area (Å²) in [5, 5.41) is 2.68. The number of para-hydroxylation sites is 1. The number of benzene rings is 2. The molecule has 0 fully saturated rings. The van der Waals surface area contributed by atoms with Crippen LogP contribution in [0.25, 0.3) is 11.0 Å². The van der Waals surface area contributed by atoms with Crippen LogP contribution in [0.4, 0.5) is 14.5 Å². The Balaban J connectivity index is 1.78. The number of amides is 1. The number of halogens is 2. The highest BCUT2D eigenvalue weighted by Gasteiger charge is 2.20. The summed E-state index contributed by atoms with van der Waals surface area (Å²) in [5.74, 6) is -2.26. The van der Waals surface area contributed by atoms with E-state index in [0.29, 0.717) is 46.7 Å². The zero-order valence-corrected chi connectivity index (χ0v) is 19.5. The predicted molar refractivity (Wildman–Crippen MR) is 122 cm³/mol. The van der Waals surface area contributed by atoms with Gasteiger partial charge in [-0.2, -0.15) is 8.78 Å². The molecule has 0 atom stereocenters. The standard InChI is InChI=1S/C21H24F2N4O3S2/c1-4-27-17-10-9-14(32(29,30)26(2)3)13-16(17)24-19(27)11-12-20(28)25-15-7-5-6-8-18(15)31-21(22)23/h5-10,13,21H,4,11-12H2,1-3H3,(H,25,28). The summed E-state index contributed by atoms with van der Waals surface area (Å²) >= 11 is 0.379. The Kier molecular flexibility index (Phi) is 7.52. The fourth-order valence-corrected chi connectivity index (χ4v) is 4.80. The summed E-state index contributed by atoms with van der Waals surface area (Å²) in [4.78, 5) is 17.5. The number of imidazole rings is 1. The van der Waals surface area contributed by atoms with E-state index in [4.69, 9.17) is 0 Å². The van der Waals surface area contributed by atoms with Crippen LogP contribution in [0.2, 0.25) is 0 Å². The van der Waals surface area contributed by atoms with Crippen LogP contribution in [0, 0.1) is 0 Å². The van der Waals surface area contributed by atoms with Crippen molar-refractivity contribution >= 4 is 44.4 Å². The number of sulfonamides is 1. The number of anilines is 1. The third kappa shape index (κ3) is 5.28. The molecule has 0 saturated carbocycles. The van der Waals surface area contributed by atoms with E-state index in [1.807, 2.05) is 11.5 Å². The lowest BCUT2D eigenvalue weighted by Crippen LogP contribution is -2.22. The largest absolute Gasteiger partial charge is 0.328 e. The van der Waals surface area contributed by atoms with Gasteiger partial charge in [0.1, 0.15) is 5.82 Å². The van der Waals surface area contributed by atoms with Gasteiger partial charge in [0.15, 0.2) is 0 Å². The Labute approximate surface area is 189 Å². The fraction of sp³-hybridized carbons (Fsp3) is 0.333. The topological polar surface area (TPSA) is 84.3 Å². The van der Waals surface area contributed by atoms with Crippen molar-refractivity contribution in [2.45, 2.75) is 41.9 Å². The maximum absolute atomic E-state index is 12.7. The molecular weight excluding hydrogens is 458 g/mol. The monoisotopic (exact) mass is 482 g/mol. The van der Waals surface area contributed by atoms with E-state index in [1.54, 1.807) is 30.3 Å². The zero-order chi connectivity index (χ0) is 23.5. The average molecular weight is 483 g/mol. The maximum atomic E-state index is 12.7. The zero-order valence-electron chi connectivity index (χ0n) is 17.9. The summed E-state index contributed by atoms with van der Waals surface area (Å²) in [6, 6.07) is 11.2. The molecule has 1 N–H and O–H groups in total. The second-order valence-corrected chi connectivity index (χ2v) is 10.3. The summed E-state index contributed by atoms with van der Waals surface area (Å²) in [6.45, 7) is 2.54. The first-order chi connectivity index (χ1) is 15.1. The molecule has 1 aromatic heterocycles. The van der Waals surface area contributed by atoms with Crippen molar-refractivity contribution in [2.75, 3.05) is 19.4 Å². The summed E-state index contributed by atoms with van der Waals surface area (Å²) in [6.07, 6.45) is 0.411. The SMILES string of the molecule is CCn1c(CCC(=O)Nc2ccccc2SC(F)F)nc2cc(S(=O)(=O)N(C)C)ccc21. The Hall–Kier alpha value is -2.50. The van der Waals surface area contributed by atoms with Gasteiger partial charge in [0, 0.05) is 38.4 Å². The number of hydrogen-bond donors (Lipinski definition) is 1. The molecule has 0 aliphatic carbocycles. The molecule has 0 spiro atoms. The molecule has 172 valence electrons. The van der Waals surface area contributed by atoms with Crippen LogP contribution in [-0.4, -0.2) is 48.0 Å². The van der Waals surface area contributed by atoms with E-state index in [1.165, 1.54) is 26.2 Å². The van der Waals surface area contributed by atoms with Gasteiger partial charge in [0.2, 0.25) is 15.9 Å². The smallest absolute Gasteiger partial charge is 0.288 e. The highest BCUT2D eigenvalue weighted by Crippen LogP contribution is 2.31. The van der Waals surface area contributed by atoms with Crippen molar-refractivity contribution < 1.29 is 22.0 Å². The van der Waals surface area contributed by atoms with Gasteiger partial charge >= 0.3 is 0 Å². The maximum Gasteiger partial charge on any atom is 0.288 e. The lowest BCUT2D eigenvalue weighted by atomic mass is 10.2. The van der Waals surface area contributed by atoms with E-state index in [0.717, 1.165) is 9.82 Å². The van der Waals surface area contributed by atoms with Crippen molar-refractivity contribution in [3.63, 3.8) is 0 Å². The first kappa shape index (κ1) is 24.1. The molecule has 32 heavy (non-hydrogen) atoms. The van der Waals surface area contributed by atoms with Crippen molar-refractivity contribution in [1.29, 1.82) is 0 Å². The first-order valence-electron chi connectivity index (χ1n) is 9.89. The van der Waals surface area contributed by atoms with Gasteiger partial charge in [-0.15, -0.1) is 0 Å². The summed E-state index contributed by atoms with van der Waals surface area (Å²) in [7, 11) is -0.658. The van der Waals surface area contributed by atoms with Gasteiger partial charge in [0.25, 0.3) is 5.76 Å². The number of nitrogens with zero attached hydrogens (tertiary/aromatic N) is 3. The number of carbonyl (C=O) groups excluding carboxylic acids is 1.